The van der Waals surface area contributed by atoms with Gasteiger partial charge in [0.1, 0.15) is 10.6 Å². The molecule has 0 saturated heterocycles. The Morgan fingerprint density at radius 3 is 2.19 bits per heavy atom. The number of benzene rings is 2. The Labute approximate surface area is 197 Å². The van der Waals surface area contributed by atoms with Gasteiger partial charge in [0.2, 0.25) is 0 Å². The summed E-state index contributed by atoms with van der Waals surface area (Å²) in [5.74, 6) is -0.759. The maximum Gasteiger partial charge on any atom is 0.295 e. The second-order valence-electron chi connectivity index (χ2n) is 6.17. The summed E-state index contributed by atoms with van der Waals surface area (Å²) in [6.07, 6.45) is 1.13. The normalized spacial score (nSPS) is 11.7. The standard InChI is InChI=1S/C16H13N3O9S2.Na/c1-18-8-9(19(21)22)6-14(18)16(20)17-13-4-5-15(30(26,27)28)12-7-10(29(23,24)25)2-3-11(12)13;/h2-8H,1H3,(H,17,20)(H,23,24,25)(H,26,27,28);. The van der Waals surface area contributed by atoms with Crippen LogP contribution < -0.4 is 5.32 Å². The minimum absolute atomic E-state index is 0. The van der Waals surface area contributed by atoms with Crippen molar-refractivity contribution in [3.63, 3.8) is 0 Å². The maximum absolute atomic E-state index is 12.6. The van der Waals surface area contributed by atoms with Crippen LogP contribution in [0.2, 0.25) is 0 Å². The Kier molecular flexibility index (Phi) is 6.97. The van der Waals surface area contributed by atoms with Crippen molar-refractivity contribution in [1.29, 1.82) is 0 Å². The van der Waals surface area contributed by atoms with E-state index in [0.29, 0.717) is 0 Å². The van der Waals surface area contributed by atoms with E-state index in [1.807, 2.05) is 0 Å². The van der Waals surface area contributed by atoms with Crippen LogP contribution in [0.5, 0.6) is 0 Å². The molecule has 15 heteroatoms. The van der Waals surface area contributed by atoms with Gasteiger partial charge in [0, 0.05) is 59.1 Å². The van der Waals surface area contributed by atoms with Crippen molar-refractivity contribution in [3.8, 4) is 0 Å². The topological polar surface area (TPSA) is 186 Å². The van der Waals surface area contributed by atoms with Crippen LogP contribution in [0, 0.1) is 10.1 Å². The van der Waals surface area contributed by atoms with Crippen LogP contribution in [0.1, 0.15) is 10.5 Å². The Morgan fingerprint density at radius 1 is 1.03 bits per heavy atom. The maximum atomic E-state index is 12.6. The summed E-state index contributed by atoms with van der Waals surface area (Å²) in [7, 11) is -8.03. The molecule has 0 aliphatic rings. The fourth-order valence-corrected chi connectivity index (χ4v) is 4.05. The van der Waals surface area contributed by atoms with Gasteiger partial charge in [0.15, 0.2) is 0 Å². The van der Waals surface area contributed by atoms with E-state index in [4.69, 9.17) is 0 Å². The molecular formula is C16H13N3NaO9S2. The van der Waals surface area contributed by atoms with Crippen molar-refractivity contribution >= 4 is 77.8 Å². The molecule has 1 amide bonds. The molecule has 0 fully saturated rings. The smallest absolute Gasteiger partial charge is 0.295 e. The first-order valence-corrected chi connectivity index (χ1v) is 10.8. The van der Waals surface area contributed by atoms with E-state index in [1.165, 1.54) is 11.6 Å². The molecular weight excluding hydrogens is 465 g/mol. The van der Waals surface area contributed by atoms with Crippen LogP contribution in [0.4, 0.5) is 11.4 Å². The van der Waals surface area contributed by atoms with Gasteiger partial charge in [-0.1, -0.05) is 6.07 Å². The third-order valence-electron chi connectivity index (χ3n) is 4.21. The van der Waals surface area contributed by atoms with Gasteiger partial charge in [-0.2, -0.15) is 16.8 Å². The van der Waals surface area contributed by atoms with Gasteiger partial charge in [-0.05, 0) is 24.3 Å². The van der Waals surface area contributed by atoms with E-state index in [2.05, 4.69) is 5.32 Å². The van der Waals surface area contributed by atoms with Gasteiger partial charge in [0.05, 0.1) is 16.0 Å². The summed E-state index contributed by atoms with van der Waals surface area (Å²) in [5.41, 5.74) is -0.344. The predicted octanol–water partition coefficient (Wildman–Crippen LogP) is 1.45. The number of aryl methyl sites for hydroxylation is 1. The number of nitrogens with one attached hydrogen (secondary N) is 1. The molecule has 3 aromatic rings. The molecule has 0 aliphatic heterocycles. The van der Waals surface area contributed by atoms with Crippen LogP contribution in [0.25, 0.3) is 10.8 Å². The zero-order valence-corrected chi connectivity index (χ0v) is 19.6. The first kappa shape index (κ1) is 24.9. The number of anilines is 1. The van der Waals surface area contributed by atoms with E-state index in [9.17, 15) is 40.8 Å². The zero-order valence-electron chi connectivity index (χ0n) is 16.0. The first-order valence-electron chi connectivity index (χ1n) is 7.93. The quantitative estimate of drug-likeness (QED) is 0.211. The molecule has 2 aromatic carbocycles. The summed E-state index contributed by atoms with van der Waals surface area (Å²) >= 11 is 0. The van der Waals surface area contributed by atoms with Crippen molar-refractivity contribution in [1.82, 2.24) is 4.57 Å². The number of hydrogen-bond donors (Lipinski definition) is 3. The number of fused-ring (bicyclic) bond motifs is 1. The number of aromatic nitrogens is 1. The molecule has 159 valence electrons. The van der Waals surface area contributed by atoms with Gasteiger partial charge in [-0.25, -0.2) is 0 Å². The third-order valence-corrected chi connectivity index (χ3v) is 5.97. The number of carbonyl (C=O) groups excluding carboxylic acids is 1. The molecule has 0 unspecified atom stereocenters. The van der Waals surface area contributed by atoms with Gasteiger partial charge in [-0.15, -0.1) is 0 Å². The molecule has 3 rings (SSSR count). The van der Waals surface area contributed by atoms with Crippen molar-refractivity contribution in [2.24, 2.45) is 7.05 Å². The Balaban J connectivity index is 0.00000341. The molecule has 0 bridgehead atoms. The summed E-state index contributed by atoms with van der Waals surface area (Å²) in [5, 5.41) is 13.1. The fourth-order valence-electron chi connectivity index (χ4n) is 2.85. The Morgan fingerprint density at radius 2 is 1.68 bits per heavy atom. The van der Waals surface area contributed by atoms with E-state index < -0.39 is 40.9 Å². The van der Waals surface area contributed by atoms with Gasteiger partial charge < -0.3 is 9.88 Å². The first-order chi connectivity index (χ1) is 13.8. The van der Waals surface area contributed by atoms with Crippen molar-refractivity contribution in [2.45, 2.75) is 9.79 Å². The van der Waals surface area contributed by atoms with E-state index in [-0.39, 0.29) is 57.4 Å². The predicted molar refractivity (Wildman–Crippen MR) is 109 cm³/mol. The number of nitrogens with zero attached hydrogens (tertiary/aromatic N) is 2. The second kappa shape index (κ2) is 8.66. The van der Waals surface area contributed by atoms with Crippen LogP contribution in [-0.2, 0) is 27.3 Å². The van der Waals surface area contributed by atoms with Crippen molar-refractivity contribution in [2.75, 3.05) is 5.32 Å². The molecule has 1 radical (unpaired) electrons. The average molecular weight is 478 g/mol. The monoisotopic (exact) mass is 478 g/mol. The summed E-state index contributed by atoms with van der Waals surface area (Å²) < 4.78 is 66.0. The molecule has 0 saturated carbocycles. The summed E-state index contributed by atoms with van der Waals surface area (Å²) in [4.78, 5) is 21.5. The van der Waals surface area contributed by atoms with Crippen LogP contribution in [-0.4, -0.2) is 70.9 Å². The minimum atomic E-state index is -4.77. The molecule has 0 aliphatic carbocycles. The number of rotatable bonds is 5. The number of carbonyl (C=O) groups is 1. The Bertz CT molecular complexity index is 1430. The van der Waals surface area contributed by atoms with Crippen molar-refractivity contribution in [3.05, 3.63) is 58.4 Å². The van der Waals surface area contributed by atoms with Crippen LogP contribution >= 0.6 is 0 Å². The van der Waals surface area contributed by atoms with Crippen LogP contribution in [0.15, 0.2) is 52.4 Å². The van der Waals surface area contributed by atoms with Crippen molar-refractivity contribution < 1.29 is 35.7 Å². The molecule has 31 heavy (non-hydrogen) atoms. The minimum Gasteiger partial charge on any atom is -0.340 e. The SMILES string of the molecule is Cn1cc([N+](=O)[O-])cc1C(=O)Nc1ccc(S(=O)(=O)O)c2cc(S(=O)(=O)O)ccc12.[Na]. The van der Waals surface area contributed by atoms with E-state index in [0.717, 1.165) is 42.6 Å². The molecule has 0 atom stereocenters. The molecule has 0 spiro atoms. The molecule has 1 heterocycles. The molecule has 3 N–H and O–H groups in total. The number of nitro groups is 1. The third kappa shape index (κ3) is 5.12. The number of hydrogen-bond acceptors (Lipinski definition) is 7. The second-order valence-corrected chi connectivity index (χ2v) is 8.99. The number of amides is 1. The van der Waals surface area contributed by atoms with Crippen LogP contribution in [0.3, 0.4) is 0 Å². The average Bonchev–Trinajstić information content (AvgIpc) is 3.02. The fraction of sp³-hybridized carbons (Fsp3) is 0.0625. The molecule has 12 nitrogen and oxygen atoms in total. The van der Waals surface area contributed by atoms with Gasteiger partial charge >= 0.3 is 0 Å². The van der Waals surface area contributed by atoms with Gasteiger partial charge in [0.25, 0.3) is 31.8 Å². The zero-order chi connectivity index (χ0) is 22.4. The largest absolute Gasteiger partial charge is 0.340 e. The molecule has 1 aromatic heterocycles. The van der Waals surface area contributed by atoms with E-state index >= 15 is 0 Å². The summed E-state index contributed by atoms with van der Waals surface area (Å²) in [6, 6.07) is 6.09. The summed E-state index contributed by atoms with van der Waals surface area (Å²) in [6.45, 7) is 0. The van der Waals surface area contributed by atoms with E-state index in [1.54, 1.807) is 0 Å². The van der Waals surface area contributed by atoms with Gasteiger partial charge in [-0.3, -0.25) is 24.0 Å². The Hall–Kier alpha value is -2.33.